The Morgan fingerprint density at radius 3 is 2.17 bits per heavy atom. The van der Waals surface area contributed by atoms with Crippen molar-refractivity contribution in [1.82, 2.24) is 5.32 Å². The lowest BCUT2D eigenvalue weighted by Crippen LogP contribution is -2.47. The third-order valence-electron chi connectivity index (χ3n) is 3.85. The van der Waals surface area contributed by atoms with E-state index in [0.29, 0.717) is 12.3 Å². The SMILES string of the molecule is CC(C)OC(=O)C(=O)[C@H](CC1CCCCC1)NC(=O)OC(C)(C)C. The van der Waals surface area contributed by atoms with Crippen molar-refractivity contribution >= 4 is 17.8 Å². The fraction of sp³-hybridized carbons (Fsp3) is 0.833. The van der Waals surface area contributed by atoms with Crippen LogP contribution < -0.4 is 5.32 Å². The van der Waals surface area contributed by atoms with Crippen molar-refractivity contribution in [1.29, 1.82) is 0 Å². The first-order chi connectivity index (χ1) is 11.1. The number of carbonyl (C=O) groups excluding carboxylic acids is 3. The van der Waals surface area contributed by atoms with Gasteiger partial charge in [-0.05, 0) is 47.0 Å². The van der Waals surface area contributed by atoms with Crippen molar-refractivity contribution in [2.45, 2.75) is 90.9 Å². The van der Waals surface area contributed by atoms with Gasteiger partial charge in [0.05, 0.1) is 6.10 Å². The summed E-state index contributed by atoms with van der Waals surface area (Å²) >= 11 is 0. The fourth-order valence-electron chi connectivity index (χ4n) is 2.85. The molecule has 0 aromatic heterocycles. The number of rotatable bonds is 6. The average molecular weight is 341 g/mol. The summed E-state index contributed by atoms with van der Waals surface area (Å²) in [6.07, 6.45) is 4.85. The van der Waals surface area contributed by atoms with Crippen molar-refractivity contribution in [2.75, 3.05) is 0 Å². The predicted molar refractivity (Wildman–Crippen MR) is 90.6 cm³/mol. The molecule has 1 aliphatic carbocycles. The van der Waals surface area contributed by atoms with Crippen LogP contribution in [-0.2, 0) is 19.1 Å². The first kappa shape index (κ1) is 20.5. The van der Waals surface area contributed by atoms with Gasteiger partial charge >= 0.3 is 12.1 Å². The van der Waals surface area contributed by atoms with Gasteiger partial charge in [0.2, 0.25) is 0 Å². The zero-order valence-corrected chi connectivity index (χ0v) is 15.5. The number of hydrogen-bond acceptors (Lipinski definition) is 5. The molecule has 0 heterocycles. The summed E-state index contributed by atoms with van der Waals surface area (Å²) in [6, 6.07) is -0.894. The molecule has 1 aliphatic rings. The van der Waals surface area contributed by atoms with Crippen LogP contribution in [0, 0.1) is 5.92 Å². The van der Waals surface area contributed by atoms with Gasteiger partial charge in [-0.1, -0.05) is 32.1 Å². The minimum Gasteiger partial charge on any atom is -0.457 e. The zero-order valence-electron chi connectivity index (χ0n) is 15.5. The van der Waals surface area contributed by atoms with Gasteiger partial charge in [0.25, 0.3) is 5.78 Å². The molecule has 6 nitrogen and oxygen atoms in total. The van der Waals surface area contributed by atoms with E-state index in [-0.39, 0.29) is 6.10 Å². The van der Waals surface area contributed by atoms with Crippen LogP contribution in [-0.4, -0.2) is 35.6 Å². The number of alkyl carbamates (subject to hydrolysis) is 1. The van der Waals surface area contributed by atoms with Crippen molar-refractivity contribution in [3.63, 3.8) is 0 Å². The van der Waals surface area contributed by atoms with E-state index in [2.05, 4.69) is 5.32 Å². The van der Waals surface area contributed by atoms with Gasteiger partial charge in [-0.25, -0.2) is 9.59 Å². The molecule has 0 aliphatic heterocycles. The van der Waals surface area contributed by atoms with E-state index >= 15 is 0 Å². The third-order valence-corrected chi connectivity index (χ3v) is 3.85. The lowest BCUT2D eigenvalue weighted by Gasteiger charge is -2.27. The van der Waals surface area contributed by atoms with Crippen molar-refractivity contribution in [3.8, 4) is 0 Å². The van der Waals surface area contributed by atoms with E-state index < -0.39 is 29.5 Å². The van der Waals surface area contributed by atoms with Crippen molar-refractivity contribution in [3.05, 3.63) is 0 Å². The highest BCUT2D eigenvalue weighted by atomic mass is 16.6. The first-order valence-electron chi connectivity index (χ1n) is 8.83. The van der Waals surface area contributed by atoms with E-state index in [9.17, 15) is 14.4 Å². The van der Waals surface area contributed by atoms with Gasteiger partial charge in [-0.2, -0.15) is 0 Å². The van der Waals surface area contributed by atoms with E-state index in [4.69, 9.17) is 9.47 Å². The van der Waals surface area contributed by atoms with Gasteiger partial charge in [0.1, 0.15) is 11.6 Å². The molecule has 0 saturated heterocycles. The minimum atomic E-state index is -0.901. The molecule has 138 valence electrons. The second kappa shape index (κ2) is 9.04. The molecule has 1 amide bonds. The summed E-state index contributed by atoms with van der Waals surface area (Å²) in [4.78, 5) is 36.4. The number of Topliss-reactive ketones (excluding diaryl/α,β-unsaturated/α-hetero) is 1. The molecule has 0 aromatic rings. The second-order valence-corrected chi connectivity index (χ2v) is 7.76. The largest absolute Gasteiger partial charge is 0.457 e. The van der Waals surface area contributed by atoms with E-state index in [0.717, 1.165) is 25.7 Å². The Bertz CT molecular complexity index is 447. The molecule has 1 saturated carbocycles. The van der Waals surface area contributed by atoms with E-state index in [1.807, 2.05) is 0 Å². The summed E-state index contributed by atoms with van der Waals surface area (Å²) in [5.74, 6) is -1.28. The van der Waals surface area contributed by atoms with Gasteiger partial charge in [0.15, 0.2) is 0 Å². The Hall–Kier alpha value is -1.59. The predicted octanol–water partition coefficient (Wildman–Crippen LogP) is 3.37. The normalized spacial score (nSPS) is 17.2. The van der Waals surface area contributed by atoms with Gasteiger partial charge in [-0.15, -0.1) is 0 Å². The Morgan fingerprint density at radius 1 is 1.08 bits per heavy atom. The molecular weight excluding hydrogens is 310 g/mol. The van der Waals surface area contributed by atoms with Crippen LogP contribution in [0.3, 0.4) is 0 Å². The number of hydrogen-bond donors (Lipinski definition) is 1. The second-order valence-electron chi connectivity index (χ2n) is 7.76. The Labute approximate surface area is 144 Å². The maximum atomic E-state index is 12.4. The number of ketones is 1. The number of carbonyl (C=O) groups is 3. The van der Waals surface area contributed by atoms with E-state index in [1.54, 1.807) is 34.6 Å². The molecule has 24 heavy (non-hydrogen) atoms. The van der Waals surface area contributed by atoms with Crippen LogP contribution in [0.15, 0.2) is 0 Å². The number of ether oxygens (including phenoxy) is 2. The summed E-state index contributed by atoms with van der Waals surface area (Å²) in [7, 11) is 0. The maximum absolute atomic E-state index is 12.4. The fourth-order valence-corrected chi connectivity index (χ4v) is 2.85. The Morgan fingerprint density at radius 2 is 1.67 bits per heavy atom. The van der Waals surface area contributed by atoms with Gasteiger partial charge in [-0.3, -0.25) is 4.79 Å². The van der Waals surface area contributed by atoms with Crippen LogP contribution >= 0.6 is 0 Å². The number of esters is 1. The third kappa shape index (κ3) is 7.79. The summed E-state index contributed by atoms with van der Waals surface area (Å²) in [5, 5.41) is 2.56. The molecule has 1 N–H and O–H groups in total. The topological polar surface area (TPSA) is 81.7 Å². The quantitative estimate of drug-likeness (QED) is 0.592. The molecule has 0 bridgehead atoms. The maximum Gasteiger partial charge on any atom is 0.408 e. The molecule has 1 rings (SSSR count). The highest BCUT2D eigenvalue weighted by Gasteiger charge is 2.32. The van der Waals surface area contributed by atoms with Crippen LogP contribution in [0.25, 0.3) is 0 Å². The zero-order chi connectivity index (χ0) is 18.3. The van der Waals surface area contributed by atoms with E-state index in [1.165, 1.54) is 6.42 Å². The molecule has 0 unspecified atom stereocenters. The minimum absolute atomic E-state index is 0.328. The average Bonchev–Trinajstić information content (AvgIpc) is 2.44. The first-order valence-corrected chi connectivity index (χ1v) is 8.83. The summed E-state index contributed by atoms with van der Waals surface area (Å²) < 4.78 is 10.2. The molecule has 0 radical (unpaired) electrons. The Kier molecular flexibility index (Phi) is 7.70. The molecule has 0 spiro atoms. The highest BCUT2D eigenvalue weighted by molar-refractivity contribution is 6.36. The Balaban J connectivity index is 2.75. The smallest absolute Gasteiger partial charge is 0.408 e. The molecule has 1 atom stereocenters. The monoisotopic (exact) mass is 341 g/mol. The van der Waals surface area contributed by atoms with Crippen molar-refractivity contribution < 1.29 is 23.9 Å². The molecule has 6 heteroatoms. The van der Waals surface area contributed by atoms with Gasteiger partial charge < -0.3 is 14.8 Å². The van der Waals surface area contributed by atoms with Crippen molar-refractivity contribution in [2.24, 2.45) is 5.92 Å². The van der Waals surface area contributed by atoms with Gasteiger partial charge in [0, 0.05) is 0 Å². The van der Waals surface area contributed by atoms with Crippen LogP contribution in [0.2, 0.25) is 0 Å². The summed E-state index contributed by atoms with van der Waals surface area (Å²) in [6.45, 7) is 8.61. The van der Waals surface area contributed by atoms with Crippen LogP contribution in [0.5, 0.6) is 0 Å². The molecule has 0 aromatic carbocycles. The number of nitrogens with one attached hydrogen (secondary N) is 1. The number of amides is 1. The molecular formula is C18H31NO5. The standard InChI is InChI=1S/C18H31NO5/c1-12(2)23-16(21)15(20)14(11-13-9-7-6-8-10-13)19-17(22)24-18(3,4)5/h12-14H,6-11H2,1-5H3,(H,19,22)/t14-/m0/s1. The van der Waals surface area contributed by atoms with Crippen LogP contribution in [0.4, 0.5) is 4.79 Å². The summed E-state index contributed by atoms with van der Waals surface area (Å²) in [5.41, 5.74) is -0.666. The lowest BCUT2D eigenvalue weighted by molar-refractivity contribution is -0.157. The molecule has 1 fully saturated rings. The lowest BCUT2D eigenvalue weighted by atomic mass is 9.84. The highest BCUT2D eigenvalue weighted by Crippen LogP contribution is 2.27. The van der Waals surface area contributed by atoms with Crippen LogP contribution in [0.1, 0.15) is 73.1 Å².